The molecule has 0 fully saturated rings. The summed E-state index contributed by atoms with van der Waals surface area (Å²) in [5.74, 6) is -0.0762. The van der Waals surface area contributed by atoms with Gasteiger partial charge in [0.1, 0.15) is 0 Å². The molecule has 3 aromatic rings. The lowest BCUT2D eigenvalue weighted by Gasteiger charge is -2.19. The van der Waals surface area contributed by atoms with Crippen LogP contribution in [0.5, 0.6) is 5.75 Å². The first kappa shape index (κ1) is 14.0. The van der Waals surface area contributed by atoms with E-state index >= 15 is 0 Å². The Hall–Kier alpha value is -2.59. The van der Waals surface area contributed by atoms with Crippen LogP contribution in [-0.4, -0.2) is 11.7 Å². The molecule has 1 aliphatic rings. The zero-order chi connectivity index (χ0) is 15.8. The molecule has 1 atom stereocenters. The van der Waals surface area contributed by atoms with Gasteiger partial charge in [-0.2, -0.15) is 0 Å². The van der Waals surface area contributed by atoms with E-state index in [2.05, 4.69) is 34.3 Å². The number of fused-ring (bicyclic) bond motifs is 3. The molecule has 23 heavy (non-hydrogen) atoms. The number of para-hydroxylation sites is 1. The Bertz CT molecular complexity index is 856. The van der Waals surface area contributed by atoms with Crippen molar-refractivity contribution >= 4 is 0 Å². The molecule has 1 N–H and O–H groups in total. The van der Waals surface area contributed by atoms with E-state index in [0.29, 0.717) is 0 Å². The van der Waals surface area contributed by atoms with Gasteiger partial charge in [0.05, 0.1) is 13.2 Å². The number of methoxy groups -OCH3 is 1. The van der Waals surface area contributed by atoms with Crippen LogP contribution in [0.15, 0.2) is 60.8 Å². The van der Waals surface area contributed by atoms with Gasteiger partial charge in [-0.15, -0.1) is 0 Å². The molecule has 0 saturated heterocycles. The zero-order valence-electron chi connectivity index (χ0n) is 12.8. The first-order valence-electron chi connectivity index (χ1n) is 7.60. The van der Waals surface area contributed by atoms with Crippen LogP contribution in [-0.2, 0) is 6.54 Å². The summed E-state index contributed by atoms with van der Waals surface area (Å²) in [4.78, 5) is 0. The van der Waals surface area contributed by atoms with Crippen LogP contribution in [0.25, 0.3) is 5.69 Å². The van der Waals surface area contributed by atoms with E-state index in [1.807, 2.05) is 24.3 Å². The quantitative estimate of drug-likeness (QED) is 0.779. The molecule has 2 aromatic carbocycles. The number of hydrogen-bond donors (Lipinski definition) is 1. The molecule has 0 radical (unpaired) electrons. The summed E-state index contributed by atoms with van der Waals surface area (Å²) in [7, 11) is 1.49. The van der Waals surface area contributed by atoms with Crippen molar-refractivity contribution in [2.24, 2.45) is 0 Å². The summed E-state index contributed by atoms with van der Waals surface area (Å²) in [6.45, 7) is 0.752. The second-order valence-electron chi connectivity index (χ2n) is 5.64. The van der Waals surface area contributed by atoms with Crippen LogP contribution >= 0.6 is 0 Å². The van der Waals surface area contributed by atoms with E-state index in [1.54, 1.807) is 6.07 Å². The molecule has 4 heteroatoms. The lowest BCUT2D eigenvalue weighted by molar-refractivity contribution is 0.385. The van der Waals surface area contributed by atoms with E-state index in [0.717, 1.165) is 17.8 Å². The minimum absolute atomic E-state index is 0.0214. The van der Waals surface area contributed by atoms with E-state index in [1.165, 1.54) is 24.4 Å². The average molecular weight is 308 g/mol. The van der Waals surface area contributed by atoms with Gasteiger partial charge in [0, 0.05) is 24.1 Å². The summed E-state index contributed by atoms with van der Waals surface area (Å²) in [5.41, 5.74) is 4.53. The maximum Gasteiger partial charge on any atom is 0.165 e. The fraction of sp³-hybridized carbons (Fsp3) is 0.158. The Morgan fingerprint density at radius 2 is 2.00 bits per heavy atom. The van der Waals surface area contributed by atoms with Gasteiger partial charge in [0.25, 0.3) is 0 Å². The molecule has 0 bridgehead atoms. The zero-order valence-corrected chi connectivity index (χ0v) is 12.8. The topological polar surface area (TPSA) is 26.2 Å². The fourth-order valence-electron chi connectivity index (χ4n) is 3.21. The molecule has 0 amide bonds. The number of rotatable bonds is 2. The van der Waals surface area contributed by atoms with Crippen LogP contribution in [0, 0.1) is 5.82 Å². The molecule has 116 valence electrons. The van der Waals surface area contributed by atoms with Crippen LogP contribution < -0.4 is 10.1 Å². The predicted octanol–water partition coefficient (Wildman–Crippen LogP) is 3.82. The molecule has 2 heterocycles. The van der Waals surface area contributed by atoms with Gasteiger partial charge < -0.3 is 14.6 Å². The molecule has 1 aromatic heterocycles. The summed E-state index contributed by atoms with van der Waals surface area (Å²) in [5, 5.41) is 3.57. The van der Waals surface area contributed by atoms with Crippen molar-refractivity contribution in [1.82, 2.24) is 9.88 Å². The van der Waals surface area contributed by atoms with Crippen molar-refractivity contribution in [2.45, 2.75) is 12.6 Å². The molecular formula is C19H17FN2O. The van der Waals surface area contributed by atoms with Gasteiger partial charge in [-0.3, -0.25) is 0 Å². The second-order valence-corrected chi connectivity index (χ2v) is 5.64. The maximum atomic E-state index is 13.7. The number of hydrogen-bond acceptors (Lipinski definition) is 2. The largest absolute Gasteiger partial charge is 0.494 e. The molecule has 0 unspecified atom stereocenters. The summed E-state index contributed by atoms with van der Waals surface area (Å²) in [6.07, 6.45) is 2.06. The molecule has 1 aliphatic heterocycles. The maximum absolute atomic E-state index is 13.7. The van der Waals surface area contributed by atoms with Crippen LogP contribution in [0.1, 0.15) is 22.9 Å². The number of aromatic nitrogens is 1. The van der Waals surface area contributed by atoms with Crippen molar-refractivity contribution in [3.8, 4) is 11.4 Å². The van der Waals surface area contributed by atoms with Gasteiger partial charge in [-0.25, -0.2) is 4.39 Å². The second kappa shape index (κ2) is 5.56. The third kappa shape index (κ3) is 2.32. The van der Waals surface area contributed by atoms with E-state index in [-0.39, 0.29) is 17.6 Å². The molecular weight excluding hydrogens is 291 g/mol. The van der Waals surface area contributed by atoms with Gasteiger partial charge >= 0.3 is 0 Å². The number of nitrogens with one attached hydrogen (secondary N) is 1. The third-order valence-electron chi connectivity index (χ3n) is 4.33. The van der Waals surface area contributed by atoms with Crippen molar-refractivity contribution < 1.29 is 9.13 Å². The average Bonchev–Trinajstić information content (AvgIpc) is 3.00. The number of halogens is 1. The first-order valence-corrected chi connectivity index (χ1v) is 7.60. The highest BCUT2D eigenvalue weighted by atomic mass is 19.1. The Morgan fingerprint density at radius 3 is 2.87 bits per heavy atom. The molecule has 4 rings (SSSR count). The number of benzene rings is 2. The normalized spacial score (nSPS) is 16.3. The van der Waals surface area contributed by atoms with Crippen LogP contribution in [0.3, 0.4) is 0 Å². The van der Waals surface area contributed by atoms with Crippen molar-refractivity contribution in [3.05, 3.63) is 83.4 Å². The Labute approximate surface area is 134 Å². The Morgan fingerprint density at radius 1 is 1.13 bits per heavy atom. The third-order valence-corrected chi connectivity index (χ3v) is 4.33. The van der Waals surface area contributed by atoms with Crippen molar-refractivity contribution in [1.29, 1.82) is 0 Å². The van der Waals surface area contributed by atoms with E-state index in [4.69, 9.17) is 4.74 Å². The van der Waals surface area contributed by atoms with Crippen LogP contribution in [0.4, 0.5) is 4.39 Å². The highest BCUT2D eigenvalue weighted by Crippen LogP contribution is 2.32. The van der Waals surface area contributed by atoms with Gasteiger partial charge in [-0.05, 0) is 41.5 Å². The molecule has 0 saturated carbocycles. The first-order chi connectivity index (χ1) is 11.3. The number of ether oxygens (including phenoxy) is 1. The van der Waals surface area contributed by atoms with Gasteiger partial charge in [0.2, 0.25) is 0 Å². The van der Waals surface area contributed by atoms with E-state index in [9.17, 15) is 4.39 Å². The van der Waals surface area contributed by atoms with Crippen LogP contribution in [0.2, 0.25) is 0 Å². The fourth-order valence-corrected chi connectivity index (χ4v) is 3.21. The predicted molar refractivity (Wildman–Crippen MR) is 87.4 cm³/mol. The molecule has 0 aliphatic carbocycles. The van der Waals surface area contributed by atoms with Crippen molar-refractivity contribution in [3.63, 3.8) is 0 Å². The SMILES string of the molecule is COc1cc([C@@H]2NCc3ccccc3-n3cccc32)ccc1F. The Balaban J connectivity index is 1.84. The van der Waals surface area contributed by atoms with Gasteiger partial charge in [-0.1, -0.05) is 24.3 Å². The summed E-state index contributed by atoms with van der Waals surface area (Å²) in [6, 6.07) is 17.5. The molecule has 0 spiro atoms. The monoisotopic (exact) mass is 308 g/mol. The lowest BCUT2D eigenvalue weighted by Crippen LogP contribution is -2.21. The smallest absolute Gasteiger partial charge is 0.165 e. The standard InChI is InChI=1S/C19H17FN2O/c1-23-18-11-13(8-9-15(18)20)19-17-7-4-10-22(17)16-6-3-2-5-14(16)12-21-19/h2-11,19,21H,12H2,1H3/t19-/m0/s1. The minimum Gasteiger partial charge on any atom is -0.494 e. The molecule has 3 nitrogen and oxygen atoms in total. The summed E-state index contributed by atoms with van der Waals surface area (Å²) >= 11 is 0. The lowest BCUT2D eigenvalue weighted by atomic mass is 10.0. The Kier molecular flexibility index (Phi) is 3.39. The highest BCUT2D eigenvalue weighted by Gasteiger charge is 2.23. The highest BCUT2D eigenvalue weighted by molar-refractivity contribution is 5.47. The minimum atomic E-state index is -0.344. The number of nitrogens with zero attached hydrogens (tertiary/aromatic N) is 1. The van der Waals surface area contributed by atoms with Gasteiger partial charge in [0.15, 0.2) is 11.6 Å². The summed E-state index contributed by atoms with van der Waals surface area (Å²) < 4.78 is 21.0. The van der Waals surface area contributed by atoms with Crippen molar-refractivity contribution in [2.75, 3.05) is 7.11 Å². The van der Waals surface area contributed by atoms with E-state index < -0.39 is 0 Å².